The monoisotopic (exact) mass is 266 g/mol. The molecule has 5 heteroatoms. The van der Waals surface area contributed by atoms with Gasteiger partial charge in [-0.3, -0.25) is 4.79 Å². The summed E-state index contributed by atoms with van der Waals surface area (Å²) in [6, 6.07) is 7.03. The minimum absolute atomic E-state index is 0.192. The zero-order chi connectivity index (χ0) is 12.4. The van der Waals surface area contributed by atoms with Gasteiger partial charge in [-0.1, -0.05) is 11.6 Å². The van der Waals surface area contributed by atoms with Gasteiger partial charge in [0.05, 0.1) is 5.69 Å². The Morgan fingerprint density at radius 3 is 2.76 bits per heavy atom. The van der Waals surface area contributed by atoms with E-state index in [9.17, 15) is 4.79 Å². The topological polar surface area (TPSA) is 55.1 Å². The van der Waals surface area contributed by atoms with Gasteiger partial charge in [-0.25, -0.2) is 0 Å². The van der Waals surface area contributed by atoms with E-state index in [2.05, 4.69) is 5.32 Å². The second-order valence-electron chi connectivity index (χ2n) is 3.62. The zero-order valence-electron chi connectivity index (χ0n) is 9.16. The van der Waals surface area contributed by atoms with E-state index in [1.807, 2.05) is 6.92 Å². The Labute approximate surface area is 108 Å². The fourth-order valence-electron chi connectivity index (χ4n) is 1.45. The van der Waals surface area contributed by atoms with Crippen LogP contribution in [0.15, 0.2) is 29.6 Å². The number of amides is 1. The molecule has 1 heterocycles. The van der Waals surface area contributed by atoms with Crippen LogP contribution in [0.3, 0.4) is 0 Å². The SMILES string of the molecule is Cc1cc(Cl)ccc1NC(=O)c1sccc1N. The Kier molecular flexibility index (Phi) is 3.36. The number of carbonyl (C=O) groups excluding carboxylic acids is 1. The van der Waals surface area contributed by atoms with E-state index in [4.69, 9.17) is 17.3 Å². The molecule has 0 aliphatic rings. The molecule has 1 aromatic heterocycles. The van der Waals surface area contributed by atoms with Crippen molar-refractivity contribution in [1.29, 1.82) is 0 Å². The van der Waals surface area contributed by atoms with Gasteiger partial charge in [0.1, 0.15) is 4.88 Å². The average Bonchev–Trinajstić information content (AvgIpc) is 2.68. The van der Waals surface area contributed by atoms with Gasteiger partial charge in [0.15, 0.2) is 0 Å². The fourth-order valence-corrected chi connectivity index (χ4v) is 2.39. The number of nitrogens with two attached hydrogens (primary N) is 1. The van der Waals surface area contributed by atoms with Crippen LogP contribution in [0, 0.1) is 6.92 Å². The second-order valence-corrected chi connectivity index (χ2v) is 4.97. The van der Waals surface area contributed by atoms with Crippen molar-refractivity contribution in [3.8, 4) is 0 Å². The first-order valence-corrected chi connectivity index (χ1v) is 6.24. The van der Waals surface area contributed by atoms with Gasteiger partial charge < -0.3 is 11.1 Å². The molecule has 0 spiro atoms. The molecular formula is C12H11ClN2OS. The third kappa shape index (κ3) is 2.60. The minimum Gasteiger partial charge on any atom is -0.397 e. The van der Waals surface area contributed by atoms with Gasteiger partial charge in [0.25, 0.3) is 5.91 Å². The molecule has 1 aromatic carbocycles. The molecule has 0 atom stereocenters. The highest BCUT2D eigenvalue weighted by Crippen LogP contribution is 2.23. The highest BCUT2D eigenvalue weighted by molar-refractivity contribution is 7.12. The van der Waals surface area contributed by atoms with Crippen molar-refractivity contribution >= 4 is 40.2 Å². The number of halogens is 1. The van der Waals surface area contributed by atoms with Gasteiger partial charge in [-0.05, 0) is 42.1 Å². The zero-order valence-corrected chi connectivity index (χ0v) is 10.7. The van der Waals surface area contributed by atoms with Crippen molar-refractivity contribution in [3.05, 3.63) is 45.1 Å². The number of hydrogen-bond donors (Lipinski definition) is 2. The number of benzene rings is 1. The molecule has 17 heavy (non-hydrogen) atoms. The third-order valence-corrected chi connectivity index (χ3v) is 3.50. The molecule has 0 aliphatic carbocycles. The van der Waals surface area contributed by atoms with E-state index >= 15 is 0 Å². The molecule has 0 bridgehead atoms. The van der Waals surface area contributed by atoms with Crippen molar-refractivity contribution in [3.63, 3.8) is 0 Å². The summed E-state index contributed by atoms with van der Waals surface area (Å²) in [4.78, 5) is 12.4. The van der Waals surface area contributed by atoms with Gasteiger partial charge in [0, 0.05) is 10.7 Å². The van der Waals surface area contributed by atoms with Crippen LogP contribution in [-0.4, -0.2) is 5.91 Å². The molecule has 1 amide bonds. The maximum Gasteiger partial charge on any atom is 0.267 e. The highest BCUT2D eigenvalue weighted by atomic mass is 35.5. The number of anilines is 2. The Morgan fingerprint density at radius 1 is 1.41 bits per heavy atom. The maximum atomic E-state index is 11.9. The van der Waals surface area contributed by atoms with Crippen LogP contribution >= 0.6 is 22.9 Å². The van der Waals surface area contributed by atoms with Crippen LogP contribution in [0.4, 0.5) is 11.4 Å². The number of hydrogen-bond acceptors (Lipinski definition) is 3. The average molecular weight is 267 g/mol. The number of rotatable bonds is 2. The summed E-state index contributed by atoms with van der Waals surface area (Å²) in [6.07, 6.45) is 0. The molecular weight excluding hydrogens is 256 g/mol. The van der Waals surface area contributed by atoms with Crippen LogP contribution in [0.5, 0.6) is 0 Å². The minimum atomic E-state index is -0.192. The van der Waals surface area contributed by atoms with E-state index in [0.717, 1.165) is 11.3 Å². The number of nitrogens with one attached hydrogen (secondary N) is 1. The van der Waals surface area contributed by atoms with Gasteiger partial charge in [0.2, 0.25) is 0 Å². The summed E-state index contributed by atoms with van der Waals surface area (Å²) in [7, 11) is 0. The lowest BCUT2D eigenvalue weighted by atomic mass is 10.2. The number of thiophene rings is 1. The molecule has 3 nitrogen and oxygen atoms in total. The lowest BCUT2D eigenvalue weighted by molar-refractivity contribution is 0.103. The highest BCUT2D eigenvalue weighted by Gasteiger charge is 2.12. The van der Waals surface area contributed by atoms with Crippen LogP contribution in [0.2, 0.25) is 5.02 Å². The molecule has 3 N–H and O–H groups in total. The van der Waals surface area contributed by atoms with E-state index in [1.165, 1.54) is 11.3 Å². The molecule has 0 fully saturated rings. The fraction of sp³-hybridized carbons (Fsp3) is 0.0833. The Hall–Kier alpha value is -1.52. The van der Waals surface area contributed by atoms with E-state index in [0.29, 0.717) is 15.6 Å². The number of aryl methyl sites for hydroxylation is 1. The van der Waals surface area contributed by atoms with E-state index < -0.39 is 0 Å². The largest absolute Gasteiger partial charge is 0.397 e. The van der Waals surface area contributed by atoms with Crippen LogP contribution in [-0.2, 0) is 0 Å². The number of carbonyl (C=O) groups is 1. The third-order valence-electron chi connectivity index (χ3n) is 2.34. The molecule has 2 rings (SSSR count). The van der Waals surface area contributed by atoms with Crippen LogP contribution in [0.25, 0.3) is 0 Å². The quantitative estimate of drug-likeness (QED) is 0.873. The summed E-state index contributed by atoms with van der Waals surface area (Å²) >= 11 is 7.17. The smallest absolute Gasteiger partial charge is 0.267 e. The molecule has 0 saturated heterocycles. The lowest BCUT2D eigenvalue weighted by Crippen LogP contribution is -2.12. The second kappa shape index (κ2) is 4.77. The molecule has 0 unspecified atom stereocenters. The Balaban J connectivity index is 2.22. The van der Waals surface area contributed by atoms with E-state index in [-0.39, 0.29) is 5.91 Å². The molecule has 2 aromatic rings. The molecule has 0 aliphatic heterocycles. The lowest BCUT2D eigenvalue weighted by Gasteiger charge is -2.08. The Morgan fingerprint density at radius 2 is 2.18 bits per heavy atom. The summed E-state index contributed by atoms with van der Waals surface area (Å²) in [6.45, 7) is 1.89. The molecule has 0 saturated carbocycles. The summed E-state index contributed by atoms with van der Waals surface area (Å²) in [5.41, 5.74) is 7.85. The first-order chi connectivity index (χ1) is 8.08. The first kappa shape index (κ1) is 12.0. The van der Waals surface area contributed by atoms with Crippen molar-refractivity contribution in [2.75, 3.05) is 11.1 Å². The summed E-state index contributed by atoms with van der Waals surface area (Å²) in [5, 5.41) is 5.25. The van der Waals surface area contributed by atoms with Crippen molar-refractivity contribution in [2.45, 2.75) is 6.92 Å². The Bertz CT molecular complexity index is 565. The summed E-state index contributed by atoms with van der Waals surface area (Å²) < 4.78 is 0. The van der Waals surface area contributed by atoms with Crippen molar-refractivity contribution < 1.29 is 4.79 Å². The maximum absolute atomic E-state index is 11.9. The summed E-state index contributed by atoms with van der Waals surface area (Å²) in [5.74, 6) is -0.192. The predicted octanol–water partition coefficient (Wildman–Crippen LogP) is 3.54. The van der Waals surface area contributed by atoms with Crippen molar-refractivity contribution in [1.82, 2.24) is 0 Å². The standard InChI is InChI=1S/C12H11ClN2OS/c1-7-6-8(13)2-3-10(7)15-12(16)11-9(14)4-5-17-11/h2-6H,14H2,1H3,(H,15,16). The van der Waals surface area contributed by atoms with Crippen LogP contribution in [0.1, 0.15) is 15.2 Å². The van der Waals surface area contributed by atoms with Gasteiger partial charge >= 0.3 is 0 Å². The molecule has 88 valence electrons. The predicted molar refractivity (Wildman–Crippen MR) is 72.9 cm³/mol. The van der Waals surface area contributed by atoms with Gasteiger partial charge in [-0.2, -0.15) is 0 Å². The van der Waals surface area contributed by atoms with Gasteiger partial charge in [-0.15, -0.1) is 11.3 Å². The van der Waals surface area contributed by atoms with Crippen molar-refractivity contribution in [2.24, 2.45) is 0 Å². The van der Waals surface area contributed by atoms with Crippen LogP contribution < -0.4 is 11.1 Å². The first-order valence-electron chi connectivity index (χ1n) is 4.98. The number of nitrogen functional groups attached to an aromatic ring is 1. The molecule has 0 radical (unpaired) electrons. The van der Waals surface area contributed by atoms with E-state index in [1.54, 1.807) is 29.6 Å². The normalized spacial score (nSPS) is 10.2.